The highest BCUT2D eigenvalue weighted by Gasteiger charge is 2.20. The number of carbonyl (C=O) groups excluding carboxylic acids is 2. The van der Waals surface area contributed by atoms with Crippen LogP contribution in [0.2, 0.25) is 0 Å². The molecule has 1 aromatic carbocycles. The fraction of sp³-hybridized carbons (Fsp3) is 0.412. The highest BCUT2D eigenvalue weighted by atomic mass is 16.6. The molecule has 0 bridgehead atoms. The number of nitro benzene ring substituents is 1. The minimum atomic E-state index is -0.463. The molecule has 25 heavy (non-hydrogen) atoms. The average molecular weight is 347 g/mol. The molecule has 8 heteroatoms. The van der Waals surface area contributed by atoms with Gasteiger partial charge in [0, 0.05) is 30.9 Å². The van der Waals surface area contributed by atoms with Gasteiger partial charge in [-0.05, 0) is 31.4 Å². The number of allylic oxidation sites excluding steroid dienone is 2. The molecule has 0 aliphatic heterocycles. The number of non-ortho nitro benzene ring substituents is 1. The van der Waals surface area contributed by atoms with Crippen molar-refractivity contribution in [1.82, 2.24) is 5.32 Å². The maximum absolute atomic E-state index is 11.8. The molecule has 134 valence electrons. The summed E-state index contributed by atoms with van der Waals surface area (Å²) < 4.78 is 5.03. The lowest BCUT2D eigenvalue weighted by Crippen LogP contribution is -2.33. The molecule has 0 fully saturated rings. The van der Waals surface area contributed by atoms with E-state index in [1.165, 1.54) is 12.1 Å². The monoisotopic (exact) mass is 347 g/mol. The normalized spacial score (nSPS) is 16.1. The number of benzene rings is 1. The van der Waals surface area contributed by atoms with E-state index in [2.05, 4.69) is 10.6 Å². The predicted molar refractivity (Wildman–Crippen MR) is 92.0 cm³/mol. The van der Waals surface area contributed by atoms with Crippen molar-refractivity contribution >= 4 is 23.3 Å². The second kappa shape index (κ2) is 9.41. The molecule has 2 rings (SSSR count). The number of esters is 1. The average Bonchev–Trinajstić information content (AvgIpc) is 2.64. The Labute approximate surface area is 145 Å². The van der Waals surface area contributed by atoms with Crippen LogP contribution in [-0.4, -0.2) is 36.5 Å². The minimum absolute atomic E-state index is 0.0223. The van der Waals surface area contributed by atoms with E-state index in [0.29, 0.717) is 19.5 Å². The summed E-state index contributed by atoms with van der Waals surface area (Å²) in [5.74, 6) is -0.838. The summed E-state index contributed by atoms with van der Waals surface area (Å²) in [5, 5.41) is 16.2. The van der Waals surface area contributed by atoms with Gasteiger partial charge in [-0.3, -0.25) is 19.7 Å². The maximum Gasteiger partial charge on any atom is 0.309 e. The van der Waals surface area contributed by atoms with E-state index in [1.54, 1.807) is 12.1 Å². The van der Waals surface area contributed by atoms with Crippen molar-refractivity contribution in [2.45, 2.75) is 19.3 Å². The minimum Gasteiger partial charge on any atom is -0.455 e. The number of nitrogens with zero attached hydrogens (tertiary/aromatic N) is 1. The van der Waals surface area contributed by atoms with Gasteiger partial charge in [-0.25, -0.2) is 0 Å². The van der Waals surface area contributed by atoms with Crippen LogP contribution in [0.5, 0.6) is 0 Å². The number of ether oxygens (including phenoxy) is 1. The number of amides is 1. The molecule has 0 spiro atoms. The Morgan fingerprint density at radius 1 is 1.20 bits per heavy atom. The summed E-state index contributed by atoms with van der Waals surface area (Å²) in [6.07, 6.45) is 6.28. The fourth-order valence-corrected chi connectivity index (χ4v) is 2.42. The van der Waals surface area contributed by atoms with Gasteiger partial charge in [0.25, 0.3) is 11.6 Å². The highest BCUT2D eigenvalue weighted by molar-refractivity contribution is 5.81. The molecule has 0 heterocycles. The van der Waals surface area contributed by atoms with Gasteiger partial charge in [0.1, 0.15) is 0 Å². The fourth-order valence-electron chi connectivity index (χ4n) is 2.42. The van der Waals surface area contributed by atoms with Crippen LogP contribution in [0.4, 0.5) is 11.4 Å². The van der Waals surface area contributed by atoms with Gasteiger partial charge in [-0.1, -0.05) is 12.2 Å². The molecular weight excluding hydrogens is 326 g/mol. The predicted octanol–water partition coefficient (Wildman–Crippen LogP) is 2.02. The van der Waals surface area contributed by atoms with Crippen LogP contribution >= 0.6 is 0 Å². The topological polar surface area (TPSA) is 111 Å². The first-order valence-electron chi connectivity index (χ1n) is 8.13. The smallest absolute Gasteiger partial charge is 0.309 e. The first kappa shape index (κ1) is 18.4. The summed E-state index contributed by atoms with van der Waals surface area (Å²) >= 11 is 0. The molecule has 1 amide bonds. The number of hydrogen-bond donors (Lipinski definition) is 2. The number of hydrogen-bond acceptors (Lipinski definition) is 6. The third-order valence-electron chi connectivity index (χ3n) is 3.80. The van der Waals surface area contributed by atoms with E-state index < -0.39 is 4.92 Å². The lowest BCUT2D eigenvalue weighted by molar-refractivity contribution is -0.384. The van der Waals surface area contributed by atoms with Gasteiger partial charge >= 0.3 is 5.97 Å². The van der Waals surface area contributed by atoms with E-state index in [0.717, 1.165) is 18.5 Å². The third kappa shape index (κ3) is 6.25. The second-order valence-corrected chi connectivity index (χ2v) is 5.67. The van der Waals surface area contributed by atoms with E-state index in [1.807, 2.05) is 12.2 Å². The van der Waals surface area contributed by atoms with Crippen LogP contribution in [0.3, 0.4) is 0 Å². The van der Waals surface area contributed by atoms with Gasteiger partial charge in [-0.15, -0.1) is 0 Å². The van der Waals surface area contributed by atoms with E-state index in [9.17, 15) is 19.7 Å². The summed E-state index contributed by atoms with van der Waals surface area (Å²) in [6, 6.07) is 6.00. The number of nitrogens with one attached hydrogen (secondary N) is 2. The van der Waals surface area contributed by atoms with Crippen molar-refractivity contribution in [3.05, 3.63) is 46.5 Å². The Kier molecular flexibility index (Phi) is 6.94. The summed E-state index contributed by atoms with van der Waals surface area (Å²) in [4.78, 5) is 33.5. The van der Waals surface area contributed by atoms with Crippen molar-refractivity contribution < 1.29 is 19.2 Å². The Morgan fingerprint density at radius 2 is 1.96 bits per heavy atom. The zero-order valence-electron chi connectivity index (χ0n) is 13.8. The summed E-state index contributed by atoms with van der Waals surface area (Å²) in [5.41, 5.74) is 0.741. The van der Waals surface area contributed by atoms with E-state index in [4.69, 9.17) is 4.74 Å². The van der Waals surface area contributed by atoms with Crippen LogP contribution in [0.1, 0.15) is 19.3 Å². The first-order chi connectivity index (χ1) is 12.1. The van der Waals surface area contributed by atoms with Gasteiger partial charge in [-0.2, -0.15) is 0 Å². The van der Waals surface area contributed by atoms with Crippen LogP contribution in [0.25, 0.3) is 0 Å². The highest BCUT2D eigenvalue weighted by Crippen LogP contribution is 2.19. The molecule has 1 aliphatic carbocycles. The molecular formula is C17H21N3O5. The maximum atomic E-state index is 11.8. The van der Waals surface area contributed by atoms with Crippen molar-refractivity contribution in [3.63, 3.8) is 0 Å². The molecule has 1 aliphatic rings. The van der Waals surface area contributed by atoms with Gasteiger partial charge in [0.2, 0.25) is 0 Å². The van der Waals surface area contributed by atoms with Crippen LogP contribution < -0.4 is 10.6 Å². The lowest BCUT2D eigenvalue weighted by atomic mass is 9.95. The first-order valence-corrected chi connectivity index (χ1v) is 8.13. The van der Waals surface area contributed by atoms with Crippen molar-refractivity contribution in [2.24, 2.45) is 5.92 Å². The quantitative estimate of drug-likeness (QED) is 0.245. The van der Waals surface area contributed by atoms with E-state index >= 15 is 0 Å². The summed E-state index contributed by atoms with van der Waals surface area (Å²) in [7, 11) is 0. The molecule has 8 nitrogen and oxygen atoms in total. The molecule has 1 atom stereocenters. The Balaban J connectivity index is 1.59. The van der Waals surface area contributed by atoms with Crippen LogP contribution in [0, 0.1) is 16.0 Å². The zero-order valence-corrected chi connectivity index (χ0v) is 13.8. The third-order valence-corrected chi connectivity index (χ3v) is 3.80. The second-order valence-electron chi connectivity index (χ2n) is 5.67. The van der Waals surface area contributed by atoms with Crippen molar-refractivity contribution in [2.75, 3.05) is 25.0 Å². The van der Waals surface area contributed by atoms with Gasteiger partial charge < -0.3 is 15.4 Å². The Hall–Kier alpha value is -2.90. The molecule has 2 N–H and O–H groups in total. The Bertz CT molecular complexity index is 642. The molecule has 0 radical (unpaired) electrons. The van der Waals surface area contributed by atoms with Gasteiger partial charge in [0.15, 0.2) is 6.61 Å². The zero-order chi connectivity index (χ0) is 18.1. The standard InChI is InChI=1S/C17H21N3O5/c21-16(12-25-17(22)13-4-2-1-3-5-13)19-11-10-18-14-6-8-15(9-7-14)20(23)24/h1-2,6-9,13,18H,3-5,10-12H2,(H,19,21)/t13-/m1/s1. The van der Waals surface area contributed by atoms with Crippen molar-refractivity contribution in [3.8, 4) is 0 Å². The molecule has 0 aromatic heterocycles. The lowest BCUT2D eigenvalue weighted by Gasteiger charge is -2.16. The number of carbonyl (C=O) groups is 2. The molecule has 1 aromatic rings. The SMILES string of the molecule is O=C(COC(=O)[C@@H]1CC=CCC1)NCCNc1ccc([N+](=O)[O-])cc1. The van der Waals surface area contributed by atoms with Crippen LogP contribution in [0.15, 0.2) is 36.4 Å². The number of nitro groups is 1. The number of rotatable bonds is 8. The van der Waals surface area contributed by atoms with E-state index in [-0.39, 0.29) is 30.1 Å². The molecule has 0 saturated carbocycles. The Morgan fingerprint density at radius 3 is 2.60 bits per heavy atom. The number of anilines is 1. The molecule has 0 saturated heterocycles. The molecule has 0 unspecified atom stereocenters. The van der Waals surface area contributed by atoms with Gasteiger partial charge in [0.05, 0.1) is 10.8 Å². The largest absolute Gasteiger partial charge is 0.455 e. The van der Waals surface area contributed by atoms with Crippen molar-refractivity contribution in [1.29, 1.82) is 0 Å². The van der Waals surface area contributed by atoms with Crippen LogP contribution in [-0.2, 0) is 14.3 Å². The summed E-state index contributed by atoms with van der Waals surface area (Å²) in [6.45, 7) is 0.515.